The molecule has 2 aliphatic rings. The van der Waals surface area contributed by atoms with E-state index >= 15 is 0 Å². The summed E-state index contributed by atoms with van der Waals surface area (Å²) >= 11 is 0. The van der Waals surface area contributed by atoms with E-state index in [1.807, 2.05) is 19.1 Å². The van der Waals surface area contributed by atoms with E-state index < -0.39 is 10.0 Å². The predicted molar refractivity (Wildman–Crippen MR) is 105 cm³/mol. The molecule has 0 amide bonds. The Bertz CT molecular complexity index is 955. The van der Waals surface area contributed by atoms with Crippen LogP contribution in [0.25, 0.3) is 0 Å². The number of fused-ring (bicyclic) bond motifs is 1. The Hall–Kier alpha value is -2.19. The molecule has 1 aromatic carbocycles. The van der Waals surface area contributed by atoms with Crippen molar-refractivity contribution in [3.8, 4) is 0 Å². The molecular formula is C19H25N5O2S. The van der Waals surface area contributed by atoms with Crippen molar-refractivity contribution in [2.75, 3.05) is 16.8 Å². The lowest BCUT2D eigenvalue weighted by molar-refractivity contribution is 0.597. The number of hydrogen-bond acceptors (Lipinski definition) is 6. The van der Waals surface area contributed by atoms with Gasteiger partial charge in [0.2, 0.25) is 10.0 Å². The van der Waals surface area contributed by atoms with Crippen LogP contribution < -0.4 is 15.4 Å². The summed E-state index contributed by atoms with van der Waals surface area (Å²) in [5.74, 6) is 2.47. The summed E-state index contributed by atoms with van der Waals surface area (Å²) in [5, 5.41) is 8.82. The summed E-state index contributed by atoms with van der Waals surface area (Å²) in [6.45, 7) is 3.35. The second-order valence-electron chi connectivity index (χ2n) is 7.43. The Morgan fingerprint density at radius 3 is 2.67 bits per heavy atom. The molecule has 0 spiro atoms. The zero-order valence-corrected chi connectivity index (χ0v) is 16.3. The van der Waals surface area contributed by atoms with Gasteiger partial charge in [-0.3, -0.25) is 0 Å². The van der Waals surface area contributed by atoms with E-state index in [2.05, 4.69) is 20.2 Å². The van der Waals surface area contributed by atoms with Crippen LogP contribution in [0.5, 0.6) is 0 Å². The maximum absolute atomic E-state index is 11.7. The first kappa shape index (κ1) is 18.2. The molecular weight excluding hydrogens is 362 g/mol. The molecule has 0 atom stereocenters. The van der Waals surface area contributed by atoms with Gasteiger partial charge in [0.15, 0.2) is 0 Å². The van der Waals surface area contributed by atoms with E-state index in [1.165, 1.54) is 25.7 Å². The van der Waals surface area contributed by atoms with Gasteiger partial charge in [0.1, 0.15) is 17.5 Å². The highest BCUT2D eigenvalue weighted by atomic mass is 32.2. The van der Waals surface area contributed by atoms with Crippen LogP contribution >= 0.6 is 0 Å². The molecule has 1 aliphatic carbocycles. The molecule has 4 rings (SSSR count). The van der Waals surface area contributed by atoms with Crippen molar-refractivity contribution >= 4 is 21.7 Å². The van der Waals surface area contributed by atoms with Crippen LogP contribution in [0.1, 0.15) is 42.6 Å². The molecule has 1 aliphatic heterocycles. The van der Waals surface area contributed by atoms with Gasteiger partial charge in [-0.05, 0) is 49.4 Å². The number of primary sulfonamides is 1. The number of aromatic nitrogens is 2. The van der Waals surface area contributed by atoms with Gasteiger partial charge in [-0.1, -0.05) is 18.9 Å². The van der Waals surface area contributed by atoms with Gasteiger partial charge >= 0.3 is 0 Å². The Morgan fingerprint density at radius 2 is 1.93 bits per heavy atom. The van der Waals surface area contributed by atoms with Gasteiger partial charge in [-0.25, -0.2) is 23.5 Å². The van der Waals surface area contributed by atoms with E-state index in [9.17, 15) is 8.42 Å². The van der Waals surface area contributed by atoms with Crippen LogP contribution in [-0.4, -0.2) is 31.0 Å². The molecule has 8 heteroatoms. The van der Waals surface area contributed by atoms with Crippen molar-refractivity contribution < 1.29 is 8.42 Å². The van der Waals surface area contributed by atoms with Crippen LogP contribution in [-0.2, 0) is 23.0 Å². The smallest absolute Gasteiger partial charge is 0.238 e. The Kier molecular flexibility index (Phi) is 4.77. The van der Waals surface area contributed by atoms with Gasteiger partial charge in [-0.2, -0.15) is 0 Å². The second kappa shape index (κ2) is 7.09. The van der Waals surface area contributed by atoms with E-state index in [0.29, 0.717) is 12.6 Å². The Labute approximate surface area is 160 Å². The summed E-state index contributed by atoms with van der Waals surface area (Å²) in [7, 11) is -3.70. The molecule has 1 fully saturated rings. The number of sulfonamides is 1. The van der Waals surface area contributed by atoms with Gasteiger partial charge in [0, 0.05) is 25.2 Å². The normalized spacial score (nSPS) is 17.8. The molecule has 7 nitrogen and oxygen atoms in total. The number of nitrogens with zero attached hydrogens (tertiary/aromatic N) is 3. The van der Waals surface area contributed by atoms with Crippen molar-refractivity contribution in [3.05, 3.63) is 41.2 Å². The van der Waals surface area contributed by atoms with Crippen LogP contribution in [0.15, 0.2) is 29.2 Å². The Morgan fingerprint density at radius 1 is 1.15 bits per heavy atom. The number of anilines is 2. The van der Waals surface area contributed by atoms with Crippen molar-refractivity contribution in [1.82, 2.24) is 9.97 Å². The molecule has 27 heavy (non-hydrogen) atoms. The van der Waals surface area contributed by atoms with E-state index in [1.54, 1.807) is 12.1 Å². The highest BCUT2D eigenvalue weighted by Crippen LogP contribution is 2.27. The van der Waals surface area contributed by atoms with Gasteiger partial charge in [0.05, 0.1) is 4.90 Å². The molecule has 144 valence electrons. The first-order chi connectivity index (χ1) is 12.9. The number of nitrogens with two attached hydrogens (primary N) is 1. The zero-order chi connectivity index (χ0) is 19.0. The molecule has 2 aromatic rings. The molecule has 2 heterocycles. The van der Waals surface area contributed by atoms with Crippen LogP contribution in [0.4, 0.5) is 11.6 Å². The molecule has 0 saturated heterocycles. The van der Waals surface area contributed by atoms with Crippen molar-refractivity contribution in [1.29, 1.82) is 0 Å². The maximum Gasteiger partial charge on any atom is 0.238 e. The quantitative estimate of drug-likeness (QED) is 0.835. The lowest BCUT2D eigenvalue weighted by atomic mass is 10.00. The molecule has 0 unspecified atom stereocenters. The zero-order valence-electron chi connectivity index (χ0n) is 15.5. The van der Waals surface area contributed by atoms with Gasteiger partial charge in [0.25, 0.3) is 0 Å². The van der Waals surface area contributed by atoms with E-state index in [4.69, 9.17) is 5.14 Å². The van der Waals surface area contributed by atoms with Gasteiger partial charge < -0.3 is 10.2 Å². The third-order valence-electron chi connectivity index (χ3n) is 5.37. The number of nitrogens with one attached hydrogen (secondary N) is 1. The molecule has 1 saturated carbocycles. The van der Waals surface area contributed by atoms with Crippen molar-refractivity contribution in [2.45, 2.75) is 56.5 Å². The molecule has 0 radical (unpaired) electrons. The van der Waals surface area contributed by atoms with Crippen LogP contribution in [0, 0.1) is 6.92 Å². The number of rotatable bonds is 4. The fraction of sp³-hybridized carbons (Fsp3) is 0.474. The lowest BCUT2D eigenvalue weighted by Gasteiger charge is -2.30. The number of benzene rings is 1. The lowest BCUT2D eigenvalue weighted by Crippen LogP contribution is -2.31. The third-order valence-corrected chi connectivity index (χ3v) is 6.29. The fourth-order valence-electron chi connectivity index (χ4n) is 3.97. The topological polar surface area (TPSA) is 101 Å². The minimum absolute atomic E-state index is 0.158. The first-order valence-corrected chi connectivity index (χ1v) is 10.9. The summed E-state index contributed by atoms with van der Waals surface area (Å²) in [6, 6.07) is 7.63. The van der Waals surface area contributed by atoms with Crippen molar-refractivity contribution in [3.63, 3.8) is 0 Å². The third kappa shape index (κ3) is 4.06. The van der Waals surface area contributed by atoms with E-state index in [-0.39, 0.29) is 4.90 Å². The first-order valence-electron chi connectivity index (χ1n) is 9.40. The average molecular weight is 388 g/mol. The summed E-state index contributed by atoms with van der Waals surface area (Å²) in [6.07, 6.45) is 5.75. The Balaban J connectivity index is 1.58. The molecule has 0 bridgehead atoms. The molecule has 3 N–H and O–H groups in total. The minimum Gasteiger partial charge on any atom is -0.367 e. The highest BCUT2D eigenvalue weighted by Gasteiger charge is 2.21. The predicted octanol–water partition coefficient (Wildman–Crippen LogP) is 2.35. The average Bonchev–Trinajstić information content (AvgIpc) is 3.12. The van der Waals surface area contributed by atoms with Crippen LogP contribution in [0.3, 0.4) is 0 Å². The van der Waals surface area contributed by atoms with Crippen molar-refractivity contribution in [2.24, 2.45) is 5.14 Å². The maximum atomic E-state index is 11.7. The standard InChI is InChI=1S/C19H25N5O2S/c1-13-21-18(23-16-4-2-3-5-16)11-19(22-13)24-9-8-14-6-7-17(27(20,25)26)10-15(14)12-24/h6-7,10-11,16H,2-5,8-9,12H2,1H3,(H2,20,25,26)(H,21,22,23). The van der Waals surface area contributed by atoms with Gasteiger partial charge in [-0.15, -0.1) is 0 Å². The fourth-order valence-corrected chi connectivity index (χ4v) is 4.54. The molecule has 1 aromatic heterocycles. The number of aryl methyl sites for hydroxylation is 1. The highest BCUT2D eigenvalue weighted by molar-refractivity contribution is 7.89. The SMILES string of the molecule is Cc1nc(NC2CCCC2)cc(N2CCc3ccc(S(N)(=O)=O)cc3C2)n1. The summed E-state index contributed by atoms with van der Waals surface area (Å²) < 4.78 is 23.3. The number of hydrogen-bond donors (Lipinski definition) is 2. The van der Waals surface area contributed by atoms with Crippen LogP contribution in [0.2, 0.25) is 0 Å². The monoisotopic (exact) mass is 387 g/mol. The summed E-state index contributed by atoms with van der Waals surface area (Å²) in [5.41, 5.74) is 2.14. The second-order valence-corrected chi connectivity index (χ2v) is 8.99. The minimum atomic E-state index is -3.70. The summed E-state index contributed by atoms with van der Waals surface area (Å²) in [4.78, 5) is 11.5. The van der Waals surface area contributed by atoms with E-state index in [0.717, 1.165) is 41.6 Å². The largest absolute Gasteiger partial charge is 0.367 e.